The number of benzene rings is 1. The van der Waals surface area contributed by atoms with Gasteiger partial charge in [-0.2, -0.15) is 5.10 Å². The minimum Gasteiger partial charge on any atom is -0.478 e. The number of likely N-dealkylation sites (tertiary alicyclic amines) is 1. The van der Waals surface area contributed by atoms with Crippen molar-refractivity contribution in [3.05, 3.63) is 71.7 Å². The van der Waals surface area contributed by atoms with E-state index in [9.17, 15) is 9.59 Å². The zero-order valence-electron chi connectivity index (χ0n) is 16.2. The Morgan fingerprint density at radius 1 is 1.10 bits per heavy atom. The molecule has 1 aliphatic rings. The number of aromatic carboxylic acids is 1. The molecule has 0 atom stereocenters. The van der Waals surface area contributed by atoms with E-state index in [1.807, 2.05) is 48.2 Å². The molecule has 1 aliphatic heterocycles. The Labute approximate surface area is 168 Å². The summed E-state index contributed by atoms with van der Waals surface area (Å²) in [6.45, 7) is 3.18. The van der Waals surface area contributed by atoms with Crippen molar-refractivity contribution < 1.29 is 14.7 Å². The largest absolute Gasteiger partial charge is 0.478 e. The van der Waals surface area contributed by atoms with Gasteiger partial charge in [-0.25, -0.2) is 4.79 Å². The fraction of sp³-hybridized carbons (Fsp3) is 0.273. The van der Waals surface area contributed by atoms with Crippen LogP contribution in [0.15, 0.2) is 55.0 Å². The van der Waals surface area contributed by atoms with Crippen molar-refractivity contribution >= 4 is 11.9 Å². The third-order valence-electron chi connectivity index (χ3n) is 5.48. The van der Waals surface area contributed by atoms with Gasteiger partial charge in [0.05, 0.1) is 23.5 Å². The van der Waals surface area contributed by atoms with Gasteiger partial charge in [0, 0.05) is 36.6 Å². The molecule has 0 spiro atoms. The monoisotopic (exact) mass is 390 g/mol. The fourth-order valence-corrected chi connectivity index (χ4v) is 3.82. The molecule has 29 heavy (non-hydrogen) atoms. The van der Waals surface area contributed by atoms with Gasteiger partial charge in [0.15, 0.2) is 0 Å². The van der Waals surface area contributed by atoms with E-state index in [4.69, 9.17) is 5.11 Å². The summed E-state index contributed by atoms with van der Waals surface area (Å²) in [5.74, 6) is -0.961. The van der Waals surface area contributed by atoms with Crippen molar-refractivity contribution in [2.75, 3.05) is 13.1 Å². The molecule has 1 saturated heterocycles. The van der Waals surface area contributed by atoms with Gasteiger partial charge in [0.1, 0.15) is 0 Å². The second-order valence-corrected chi connectivity index (χ2v) is 7.23. The second-order valence-electron chi connectivity index (χ2n) is 7.23. The standard InChI is InChI=1S/C22H22N4O3/c1-15-18(20-7-2-3-10-23-20)5-4-6-19(15)21(27)25-11-8-17(9-12-25)26-14-16(13-24-26)22(28)29/h2-7,10,13-14,17H,8-9,11-12H2,1H3,(H,28,29). The third kappa shape index (κ3) is 3.76. The first-order chi connectivity index (χ1) is 14.0. The van der Waals surface area contributed by atoms with E-state index in [0.29, 0.717) is 18.7 Å². The predicted octanol–water partition coefficient (Wildman–Crippen LogP) is 3.43. The number of carbonyl (C=O) groups is 2. The van der Waals surface area contributed by atoms with Crippen molar-refractivity contribution in [3.8, 4) is 11.3 Å². The van der Waals surface area contributed by atoms with Crippen LogP contribution >= 0.6 is 0 Å². The van der Waals surface area contributed by atoms with Crippen molar-refractivity contribution in [2.24, 2.45) is 0 Å². The van der Waals surface area contributed by atoms with E-state index in [2.05, 4.69) is 10.1 Å². The Morgan fingerprint density at radius 3 is 2.55 bits per heavy atom. The number of carboxylic acids is 1. The molecule has 0 bridgehead atoms. The number of carbonyl (C=O) groups excluding carboxylic acids is 1. The lowest BCUT2D eigenvalue weighted by Crippen LogP contribution is -2.39. The molecule has 2 aromatic heterocycles. The van der Waals surface area contributed by atoms with E-state index < -0.39 is 5.97 Å². The first kappa shape index (κ1) is 18.9. The van der Waals surface area contributed by atoms with E-state index >= 15 is 0 Å². The summed E-state index contributed by atoms with van der Waals surface area (Å²) in [5.41, 5.74) is 3.62. The van der Waals surface area contributed by atoms with E-state index in [0.717, 1.165) is 29.7 Å². The van der Waals surface area contributed by atoms with Crippen LogP contribution in [0.25, 0.3) is 11.3 Å². The molecule has 0 unspecified atom stereocenters. The lowest BCUT2D eigenvalue weighted by Gasteiger charge is -2.32. The Kier molecular flexibility index (Phi) is 5.12. The van der Waals surface area contributed by atoms with Crippen LogP contribution in [-0.4, -0.2) is 49.7 Å². The van der Waals surface area contributed by atoms with Crippen LogP contribution < -0.4 is 0 Å². The molecule has 0 saturated carbocycles. The summed E-state index contributed by atoms with van der Waals surface area (Å²) in [5, 5.41) is 13.2. The van der Waals surface area contributed by atoms with Gasteiger partial charge in [-0.15, -0.1) is 0 Å². The molecular weight excluding hydrogens is 368 g/mol. The van der Waals surface area contributed by atoms with Crippen LogP contribution in [0.4, 0.5) is 0 Å². The van der Waals surface area contributed by atoms with Crippen LogP contribution in [0.3, 0.4) is 0 Å². The summed E-state index contributed by atoms with van der Waals surface area (Å²) in [7, 11) is 0. The average Bonchev–Trinajstić information content (AvgIpc) is 3.25. The maximum atomic E-state index is 13.1. The first-order valence-corrected chi connectivity index (χ1v) is 9.62. The number of amides is 1. The minimum atomic E-state index is -0.980. The topological polar surface area (TPSA) is 88.3 Å². The van der Waals surface area contributed by atoms with Gasteiger partial charge in [-0.05, 0) is 43.5 Å². The quantitative estimate of drug-likeness (QED) is 0.737. The Balaban J connectivity index is 1.48. The van der Waals surface area contributed by atoms with Gasteiger partial charge >= 0.3 is 5.97 Å². The van der Waals surface area contributed by atoms with Crippen molar-refractivity contribution in [3.63, 3.8) is 0 Å². The highest BCUT2D eigenvalue weighted by Crippen LogP contribution is 2.27. The fourth-order valence-electron chi connectivity index (χ4n) is 3.82. The van der Waals surface area contributed by atoms with E-state index in [-0.39, 0.29) is 17.5 Å². The van der Waals surface area contributed by atoms with Crippen molar-refractivity contribution in [2.45, 2.75) is 25.8 Å². The molecule has 7 heteroatoms. The highest BCUT2D eigenvalue weighted by Gasteiger charge is 2.26. The summed E-state index contributed by atoms with van der Waals surface area (Å²) in [6, 6.07) is 11.6. The number of pyridine rings is 1. The number of piperidine rings is 1. The minimum absolute atomic E-state index is 0.0189. The molecule has 7 nitrogen and oxygen atoms in total. The van der Waals surface area contributed by atoms with Crippen molar-refractivity contribution in [1.82, 2.24) is 19.7 Å². The molecule has 4 rings (SSSR count). The maximum Gasteiger partial charge on any atom is 0.338 e. The maximum absolute atomic E-state index is 13.1. The van der Waals surface area contributed by atoms with Crippen LogP contribution in [0.5, 0.6) is 0 Å². The first-order valence-electron chi connectivity index (χ1n) is 9.62. The summed E-state index contributed by atoms with van der Waals surface area (Å²) in [6.07, 6.45) is 6.16. The zero-order chi connectivity index (χ0) is 20.4. The van der Waals surface area contributed by atoms with Gasteiger partial charge in [-0.3, -0.25) is 14.5 Å². The molecule has 1 amide bonds. The average molecular weight is 390 g/mol. The molecule has 1 aromatic carbocycles. The highest BCUT2D eigenvalue weighted by atomic mass is 16.4. The number of carboxylic acid groups (broad SMARTS) is 1. The van der Waals surface area contributed by atoms with E-state index in [1.165, 1.54) is 6.20 Å². The molecule has 3 aromatic rings. The van der Waals surface area contributed by atoms with E-state index in [1.54, 1.807) is 17.1 Å². The number of hydrogen-bond acceptors (Lipinski definition) is 4. The number of nitrogens with zero attached hydrogens (tertiary/aromatic N) is 4. The SMILES string of the molecule is Cc1c(C(=O)N2CCC(n3cc(C(=O)O)cn3)CC2)cccc1-c1ccccn1. The van der Waals surface area contributed by atoms with Gasteiger partial charge in [0.25, 0.3) is 5.91 Å². The molecule has 1 fully saturated rings. The smallest absolute Gasteiger partial charge is 0.338 e. The molecule has 0 radical (unpaired) electrons. The van der Waals surface area contributed by atoms with Crippen LogP contribution in [-0.2, 0) is 0 Å². The molecule has 3 heterocycles. The summed E-state index contributed by atoms with van der Waals surface area (Å²) in [4.78, 5) is 30.5. The predicted molar refractivity (Wildman–Crippen MR) is 108 cm³/mol. The summed E-state index contributed by atoms with van der Waals surface area (Å²) >= 11 is 0. The summed E-state index contributed by atoms with van der Waals surface area (Å²) < 4.78 is 1.71. The normalized spacial score (nSPS) is 14.7. The second kappa shape index (κ2) is 7.87. The Morgan fingerprint density at radius 2 is 1.90 bits per heavy atom. The highest BCUT2D eigenvalue weighted by molar-refractivity contribution is 5.97. The molecule has 148 valence electrons. The Hall–Kier alpha value is -3.48. The Bertz CT molecular complexity index is 1040. The van der Waals surface area contributed by atoms with Gasteiger partial charge in [0.2, 0.25) is 0 Å². The zero-order valence-corrected chi connectivity index (χ0v) is 16.2. The van der Waals surface area contributed by atoms with Gasteiger partial charge in [-0.1, -0.05) is 18.2 Å². The molecule has 1 N–H and O–H groups in total. The molecular formula is C22H22N4O3. The number of rotatable bonds is 4. The number of aromatic nitrogens is 3. The third-order valence-corrected chi connectivity index (χ3v) is 5.48. The molecule has 0 aliphatic carbocycles. The van der Waals surface area contributed by atoms with Gasteiger partial charge < -0.3 is 10.0 Å². The lowest BCUT2D eigenvalue weighted by atomic mass is 9.97. The number of hydrogen-bond donors (Lipinski definition) is 1. The van der Waals surface area contributed by atoms with Crippen LogP contribution in [0, 0.1) is 6.92 Å². The van der Waals surface area contributed by atoms with Crippen LogP contribution in [0.1, 0.15) is 45.2 Å². The lowest BCUT2D eigenvalue weighted by molar-refractivity contribution is 0.0687. The van der Waals surface area contributed by atoms with Crippen LogP contribution in [0.2, 0.25) is 0 Å². The van der Waals surface area contributed by atoms with Crippen molar-refractivity contribution in [1.29, 1.82) is 0 Å².